The second-order valence-electron chi connectivity index (χ2n) is 5.61. The SMILES string of the molecule is O=S(=O)([O-])CCCCCCCCCOc1ccc(C(F)(F)F)cc1.[Na+]. The first-order valence-corrected chi connectivity index (χ1v) is 9.50. The molecule has 9 heteroatoms. The predicted octanol–water partition coefficient (Wildman–Crippen LogP) is 1.36. The standard InChI is InChI=1S/C16H23F3O4S.Na/c17-16(18,19)14-8-10-15(11-9-14)23-12-6-4-2-1-3-5-7-13-24(20,21)22;/h8-11H,1-7,12-13H2,(H,20,21,22);/q;+1/p-1. The molecule has 4 nitrogen and oxygen atoms in total. The van der Waals surface area contributed by atoms with Crippen molar-refractivity contribution >= 4 is 10.1 Å². The summed E-state index contributed by atoms with van der Waals surface area (Å²) in [6, 6.07) is 4.62. The van der Waals surface area contributed by atoms with Gasteiger partial charge >= 0.3 is 35.7 Å². The van der Waals surface area contributed by atoms with E-state index < -0.39 is 21.9 Å². The summed E-state index contributed by atoms with van der Waals surface area (Å²) in [5, 5.41) is 0. The Hall–Kier alpha value is -0.280. The third-order valence-electron chi connectivity index (χ3n) is 3.49. The Balaban J connectivity index is 0.00000576. The van der Waals surface area contributed by atoms with E-state index in [1.807, 2.05) is 0 Å². The third-order valence-corrected chi connectivity index (χ3v) is 4.28. The molecule has 0 unspecified atom stereocenters. The van der Waals surface area contributed by atoms with Crippen molar-refractivity contribution in [3.05, 3.63) is 29.8 Å². The van der Waals surface area contributed by atoms with Crippen LogP contribution in [-0.2, 0) is 16.3 Å². The maximum Gasteiger partial charge on any atom is 1.00 e. The predicted molar refractivity (Wildman–Crippen MR) is 83.8 cm³/mol. The van der Waals surface area contributed by atoms with Crippen LogP contribution in [0.5, 0.6) is 5.75 Å². The molecule has 1 aromatic rings. The fourth-order valence-corrected chi connectivity index (χ4v) is 2.75. The molecule has 0 aliphatic carbocycles. The number of unbranched alkanes of at least 4 members (excludes halogenated alkanes) is 6. The molecule has 0 saturated carbocycles. The molecule has 0 bridgehead atoms. The molecule has 0 spiro atoms. The molecular formula is C16H22F3NaO4S. The number of alkyl halides is 3. The van der Waals surface area contributed by atoms with Gasteiger partial charge in [0.2, 0.25) is 0 Å². The summed E-state index contributed by atoms with van der Waals surface area (Å²) in [5.74, 6) is 0.121. The monoisotopic (exact) mass is 390 g/mol. The van der Waals surface area contributed by atoms with Crippen molar-refractivity contribution in [2.75, 3.05) is 12.4 Å². The Bertz CT molecular complexity index is 574. The van der Waals surface area contributed by atoms with Gasteiger partial charge in [-0.05, 0) is 37.1 Å². The molecule has 0 saturated heterocycles. The maximum atomic E-state index is 12.4. The average Bonchev–Trinajstić information content (AvgIpc) is 2.47. The van der Waals surface area contributed by atoms with E-state index in [1.54, 1.807) is 0 Å². The minimum atomic E-state index is -4.34. The zero-order chi connectivity index (χ0) is 18.1. The molecule has 0 fully saturated rings. The van der Waals surface area contributed by atoms with Gasteiger partial charge in [0, 0.05) is 5.75 Å². The van der Waals surface area contributed by atoms with Gasteiger partial charge in [0.15, 0.2) is 0 Å². The van der Waals surface area contributed by atoms with E-state index in [-0.39, 0.29) is 35.3 Å². The van der Waals surface area contributed by atoms with Crippen LogP contribution in [0.4, 0.5) is 13.2 Å². The van der Waals surface area contributed by atoms with E-state index in [1.165, 1.54) is 12.1 Å². The number of rotatable bonds is 11. The summed E-state index contributed by atoms with van der Waals surface area (Å²) in [4.78, 5) is 0. The molecule has 0 aliphatic heterocycles. The molecule has 0 aliphatic rings. The summed E-state index contributed by atoms with van der Waals surface area (Å²) >= 11 is 0. The quantitative estimate of drug-likeness (QED) is 0.325. The van der Waals surface area contributed by atoms with E-state index >= 15 is 0 Å². The van der Waals surface area contributed by atoms with Crippen LogP contribution in [0.3, 0.4) is 0 Å². The molecule has 1 aromatic carbocycles. The first-order chi connectivity index (χ1) is 11.2. The van der Waals surface area contributed by atoms with Gasteiger partial charge in [0.05, 0.1) is 22.3 Å². The van der Waals surface area contributed by atoms with Crippen LogP contribution < -0.4 is 34.3 Å². The van der Waals surface area contributed by atoms with Crippen molar-refractivity contribution < 1.29 is 60.4 Å². The van der Waals surface area contributed by atoms with Crippen LogP contribution >= 0.6 is 0 Å². The number of benzene rings is 1. The number of halogens is 3. The van der Waals surface area contributed by atoms with Gasteiger partial charge in [-0.25, -0.2) is 8.42 Å². The first kappa shape index (κ1) is 24.7. The Morgan fingerprint density at radius 1 is 0.880 bits per heavy atom. The smallest absolute Gasteiger partial charge is 0.748 e. The van der Waals surface area contributed by atoms with E-state index in [4.69, 9.17) is 4.74 Å². The van der Waals surface area contributed by atoms with Gasteiger partial charge in [0.1, 0.15) is 5.75 Å². The van der Waals surface area contributed by atoms with Gasteiger partial charge in [-0.2, -0.15) is 13.2 Å². The van der Waals surface area contributed by atoms with Crippen molar-refractivity contribution in [2.45, 2.75) is 51.1 Å². The zero-order valence-corrected chi connectivity index (χ0v) is 17.2. The molecule has 1 rings (SSSR count). The molecule has 138 valence electrons. The first-order valence-electron chi connectivity index (χ1n) is 7.92. The molecule has 0 aromatic heterocycles. The summed E-state index contributed by atoms with van der Waals surface area (Å²) in [6.07, 6.45) is 1.34. The second kappa shape index (κ2) is 12.2. The summed E-state index contributed by atoms with van der Waals surface area (Å²) in [6.45, 7) is 0.444. The molecule has 0 heterocycles. The van der Waals surface area contributed by atoms with Crippen LogP contribution in [-0.4, -0.2) is 25.3 Å². The van der Waals surface area contributed by atoms with Crippen LogP contribution in [0, 0.1) is 0 Å². The Morgan fingerprint density at radius 3 is 1.84 bits per heavy atom. The van der Waals surface area contributed by atoms with Crippen molar-refractivity contribution in [3.8, 4) is 5.75 Å². The van der Waals surface area contributed by atoms with Gasteiger partial charge in [0.25, 0.3) is 0 Å². The van der Waals surface area contributed by atoms with Crippen molar-refractivity contribution in [3.63, 3.8) is 0 Å². The van der Waals surface area contributed by atoms with Crippen molar-refractivity contribution in [2.24, 2.45) is 0 Å². The van der Waals surface area contributed by atoms with E-state index in [0.717, 1.165) is 50.7 Å². The minimum Gasteiger partial charge on any atom is -0.748 e. The summed E-state index contributed by atoms with van der Waals surface area (Å²) in [7, 11) is -4.10. The minimum absolute atomic E-state index is 0. The molecule has 0 radical (unpaired) electrons. The van der Waals surface area contributed by atoms with Gasteiger partial charge in [-0.15, -0.1) is 0 Å². The van der Waals surface area contributed by atoms with Crippen molar-refractivity contribution in [1.82, 2.24) is 0 Å². The number of hydrogen-bond donors (Lipinski definition) is 0. The van der Waals surface area contributed by atoms with E-state index in [9.17, 15) is 26.1 Å². The maximum absolute atomic E-state index is 12.4. The van der Waals surface area contributed by atoms with Gasteiger partial charge < -0.3 is 9.29 Å². The molecule has 0 amide bonds. The second-order valence-corrected chi connectivity index (χ2v) is 7.13. The molecule has 0 N–H and O–H groups in total. The van der Waals surface area contributed by atoms with Crippen LogP contribution in [0.15, 0.2) is 24.3 Å². The normalized spacial score (nSPS) is 11.8. The largest absolute Gasteiger partial charge is 1.00 e. The Kier molecular flexibility index (Phi) is 12.0. The van der Waals surface area contributed by atoms with Crippen LogP contribution in [0.2, 0.25) is 0 Å². The van der Waals surface area contributed by atoms with E-state index in [2.05, 4.69) is 0 Å². The van der Waals surface area contributed by atoms with Gasteiger partial charge in [-0.1, -0.05) is 32.1 Å². The molecule has 0 atom stereocenters. The summed E-state index contributed by atoms with van der Waals surface area (Å²) < 4.78 is 73.8. The fourth-order valence-electron chi connectivity index (χ4n) is 2.19. The van der Waals surface area contributed by atoms with Crippen LogP contribution in [0.1, 0.15) is 50.5 Å². The van der Waals surface area contributed by atoms with E-state index in [0.29, 0.717) is 18.8 Å². The Morgan fingerprint density at radius 2 is 1.36 bits per heavy atom. The third kappa shape index (κ3) is 12.7. The summed E-state index contributed by atoms with van der Waals surface area (Å²) in [5.41, 5.74) is -0.695. The number of hydrogen-bond acceptors (Lipinski definition) is 4. The van der Waals surface area contributed by atoms with Crippen molar-refractivity contribution in [1.29, 1.82) is 0 Å². The number of ether oxygens (including phenoxy) is 1. The van der Waals surface area contributed by atoms with Crippen LogP contribution in [0.25, 0.3) is 0 Å². The average molecular weight is 390 g/mol. The Labute approximate surface area is 169 Å². The molecule has 25 heavy (non-hydrogen) atoms. The molecular weight excluding hydrogens is 368 g/mol. The fraction of sp³-hybridized carbons (Fsp3) is 0.625. The topological polar surface area (TPSA) is 66.4 Å². The zero-order valence-electron chi connectivity index (χ0n) is 14.3. The van der Waals surface area contributed by atoms with Gasteiger partial charge in [-0.3, -0.25) is 0 Å².